The average Bonchev–Trinajstić information content (AvgIpc) is 2.41. The molecule has 2 rings (SSSR count). The van der Waals surface area contributed by atoms with E-state index in [1.165, 1.54) is 24.4 Å². The lowest BCUT2D eigenvalue weighted by Gasteiger charge is -2.09. The van der Waals surface area contributed by atoms with Gasteiger partial charge in [-0.2, -0.15) is 18.4 Å². The fourth-order valence-corrected chi connectivity index (χ4v) is 1.76. The summed E-state index contributed by atoms with van der Waals surface area (Å²) in [7, 11) is 0. The molecule has 0 aliphatic carbocycles. The Kier molecular flexibility index (Phi) is 3.61. The Labute approximate surface area is 113 Å². The Morgan fingerprint density at radius 1 is 1.25 bits per heavy atom. The first-order valence-electron chi connectivity index (χ1n) is 5.71. The van der Waals surface area contributed by atoms with Gasteiger partial charge in [0, 0.05) is 5.56 Å². The van der Waals surface area contributed by atoms with Gasteiger partial charge >= 0.3 is 6.18 Å². The van der Waals surface area contributed by atoms with Crippen molar-refractivity contribution in [3.05, 3.63) is 47.7 Å². The third-order valence-electron chi connectivity index (χ3n) is 2.78. The van der Waals surface area contributed by atoms with Crippen molar-refractivity contribution in [2.24, 2.45) is 0 Å². The van der Waals surface area contributed by atoms with Crippen LogP contribution in [0.5, 0.6) is 0 Å². The van der Waals surface area contributed by atoms with Crippen molar-refractivity contribution in [1.29, 1.82) is 5.26 Å². The van der Waals surface area contributed by atoms with Crippen molar-refractivity contribution in [2.45, 2.75) is 12.6 Å². The molecule has 0 bridgehead atoms. The number of halogens is 3. The number of nitrogen functional groups attached to an aromatic ring is 1. The molecule has 0 saturated carbocycles. The van der Waals surface area contributed by atoms with Gasteiger partial charge in [0.2, 0.25) is 0 Å². The van der Waals surface area contributed by atoms with Crippen molar-refractivity contribution in [1.82, 2.24) is 4.98 Å². The lowest BCUT2D eigenvalue weighted by molar-refractivity contribution is -0.137. The van der Waals surface area contributed by atoms with Gasteiger partial charge in [-0.15, -0.1) is 0 Å². The number of nitriles is 1. The second-order valence-electron chi connectivity index (χ2n) is 4.18. The maximum atomic E-state index is 12.7. The minimum atomic E-state index is -4.40. The Hall–Kier alpha value is -2.55. The monoisotopic (exact) mass is 277 g/mol. The molecule has 0 aliphatic rings. The SMILES string of the molecule is N#CCc1cc(-c2cccc(C(F)(F)F)c2)ncc1N. The highest BCUT2D eigenvalue weighted by molar-refractivity contribution is 5.64. The topological polar surface area (TPSA) is 62.7 Å². The molecular weight excluding hydrogens is 267 g/mol. The quantitative estimate of drug-likeness (QED) is 0.914. The van der Waals surface area contributed by atoms with Crippen LogP contribution in [0.25, 0.3) is 11.3 Å². The second-order valence-corrected chi connectivity index (χ2v) is 4.18. The van der Waals surface area contributed by atoms with E-state index in [1.807, 2.05) is 6.07 Å². The van der Waals surface area contributed by atoms with E-state index >= 15 is 0 Å². The molecule has 0 atom stereocenters. The number of rotatable bonds is 2. The van der Waals surface area contributed by atoms with Gasteiger partial charge < -0.3 is 5.73 Å². The Bertz CT molecular complexity index is 672. The van der Waals surface area contributed by atoms with Crippen molar-refractivity contribution in [2.75, 3.05) is 5.73 Å². The van der Waals surface area contributed by atoms with Crippen LogP contribution in [0, 0.1) is 11.3 Å². The molecule has 20 heavy (non-hydrogen) atoms. The summed E-state index contributed by atoms with van der Waals surface area (Å²) in [4.78, 5) is 4.01. The fraction of sp³-hybridized carbons (Fsp3) is 0.143. The molecule has 0 fully saturated rings. The summed E-state index contributed by atoms with van der Waals surface area (Å²) < 4.78 is 38.0. The van der Waals surface area contributed by atoms with E-state index < -0.39 is 11.7 Å². The van der Waals surface area contributed by atoms with Gasteiger partial charge in [0.25, 0.3) is 0 Å². The highest BCUT2D eigenvalue weighted by atomic mass is 19.4. The number of nitrogens with two attached hydrogens (primary N) is 1. The first-order chi connectivity index (χ1) is 9.41. The lowest BCUT2D eigenvalue weighted by Crippen LogP contribution is -2.04. The molecular formula is C14H10F3N3. The second kappa shape index (κ2) is 5.21. The maximum absolute atomic E-state index is 12.7. The molecule has 0 unspecified atom stereocenters. The van der Waals surface area contributed by atoms with Crippen LogP contribution in [0.1, 0.15) is 11.1 Å². The first kappa shape index (κ1) is 13.9. The van der Waals surface area contributed by atoms with E-state index in [9.17, 15) is 13.2 Å². The minimum Gasteiger partial charge on any atom is -0.397 e. The van der Waals surface area contributed by atoms with Crippen LogP contribution in [0.2, 0.25) is 0 Å². The highest BCUT2D eigenvalue weighted by Crippen LogP contribution is 2.32. The number of nitrogens with zero attached hydrogens (tertiary/aromatic N) is 2. The Balaban J connectivity index is 2.47. The van der Waals surface area contributed by atoms with Crippen LogP contribution < -0.4 is 5.73 Å². The zero-order valence-electron chi connectivity index (χ0n) is 10.3. The molecule has 2 N–H and O–H groups in total. The molecule has 1 aromatic heterocycles. The Morgan fingerprint density at radius 3 is 2.65 bits per heavy atom. The number of alkyl halides is 3. The summed E-state index contributed by atoms with van der Waals surface area (Å²) in [5.41, 5.74) is 6.51. The van der Waals surface area contributed by atoms with Gasteiger partial charge in [-0.05, 0) is 23.8 Å². The predicted molar refractivity (Wildman–Crippen MR) is 68.4 cm³/mol. The summed E-state index contributed by atoms with van der Waals surface area (Å²) >= 11 is 0. The first-order valence-corrected chi connectivity index (χ1v) is 5.71. The van der Waals surface area contributed by atoms with Gasteiger partial charge in [-0.3, -0.25) is 4.98 Å². The maximum Gasteiger partial charge on any atom is 0.416 e. The third kappa shape index (κ3) is 2.88. The van der Waals surface area contributed by atoms with E-state index in [0.29, 0.717) is 22.5 Å². The lowest BCUT2D eigenvalue weighted by atomic mass is 10.0. The smallest absolute Gasteiger partial charge is 0.397 e. The van der Waals surface area contributed by atoms with Crippen molar-refractivity contribution in [3.8, 4) is 17.3 Å². The van der Waals surface area contributed by atoms with E-state index in [2.05, 4.69) is 4.98 Å². The van der Waals surface area contributed by atoms with Crippen LogP contribution in [0.4, 0.5) is 18.9 Å². The summed E-state index contributed by atoms with van der Waals surface area (Å²) in [5, 5.41) is 8.68. The molecule has 0 radical (unpaired) electrons. The van der Waals surface area contributed by atoms with Crippen molar-refractivity contribution in [3.63, 3.8) is 0 Å². The molecule has 2 aromatic rings. The van der Waals surface area contributed by atoms with Gasteiger partial charge in [0.15, 0.2) is 0 Å². The largest absolute Gasteiger partial charge is 0.416 e. The molecule has 1 aromatic carbocycles. The van der Waals surface area contributed by atoms with Crippen LogP contribution in [0.3, 0.4) is 0 Å². The number of aromatic nitrogens is 1. The van der Waals surface area contributed by atoms with Gasteiger partial charge in [0.1, 0.15) is 0 Å². The predicted octanol–water partition coefficient (Wildman–Crippen LogP) is 3.42. The average molecular weight is 277 g/mol. The zero-order valence-corrected chi connectivity index (χ0v) is 10.3. The van der Waals surface area contributed by atoms with Crippen LogP contribution in [-0.4, -0.2) is 4.98 Å². The fourth-order valence-electron chi connectivity index (χ4n) is 1.76. The van der Waals surface area contributed by atoms with Gasteiger partial charge in [0.05, 0.1) is 35.6 Å². The van der Waals surface area contributed by atoms with Crippen LogP contribution in [0.15, 0.2) is 36.5 Å². The molecule has 0 aliphatic heterocycles. The molecule has 102 valence electrons. The number of pyridine rings is 1. The van der Waals surface area contributed by atoms with Crippen LogP contribution in [-0.2, 0) is 12.6 Å². The number of hydrogen-bond acceptors (Lipinski definition) is 3. The standard InChI is InChI=1S/C14H10F3N3/c15-14(16,17)11-3-1-2-10(6-11)13-7-9(4-5-18)12(19)8-20-13/h1-3,6-8H,4,19H2. The molecule has 0 saturated heterocycles. The van der Waals surface area contributed by atoms with Gasteiger partial charge in [-0.25, -0.2) is 0 Å². The molecule has 0 spiro atoms. The van der Waals surface area contributed by atoms with Crippen LogP contribution >= 0.6 is 0 Å². The number of hydrogen-bond donors (Lipinski definition) is 1. The van der Waals surface area contributed by atoms with Crippen molar-refractivity contribution >= 4 is 5.69 Å². The molecule has 6 heteroatoms. The Morgan fingerprint density at radius 2 is 2.00 bits per heavy atom. The van der Waals surface area contributed by atoms with E-state index in [0.717, 1.165) is 12.1 Å². The molecule has 1 heterocycles. The van der Waals surface area contributed by atoms with E-state index in [-0.39, 0.29) is 6.42 Å². The minimum absolute atomic E-state index is 0.0836. The van der Waals surface area contributed by atoms with Gasteiger partial charge in [-0.1, -0.05) is 12.1 Å². The van der Waals surface area contributed by atoms with E-state index in [1.54, 1.807) is 0 Å². The summed E-state index contributed by atoms with van der Waals surface area (Å²) in [6, 6.07) is 8.36. The number of anilines is 1. The number of benzene rings is 1. The molecule has 0 amide bonds. The summed E-state index contributed by atoms with van der Waals surface area (Å²) in [6.07, 6.45) is -2.97. The highest BCUT2D eigenvalue weighted by Gasteiger charge is 2.30. The summed E-state index contributed by atoms with van der Waals surface area (Å²) in [5.74, 6) is 0. The summed E-state index contributed by atoms with van der Waals surface area (Å²) in [6.45, 7) is 0. The third-order valence-corrected chi connectivity index (χ3v) is 2.78. The van der Waals surface area contributed by atoms with E-state index in [4.69, 9.17) is 11.0 Å². The zero-order chi connectivity index (χ0) is 14.8. The molecule has 3 nitrogen and oxygen atoms in total. The van der Waals surface area contributed by atoms with Crippen molar-refractivity contribution < 1.29 is 13.2 Å². The normalized spacial score (nSPS) is 11.1.